The maximum atomic E-state index is 5.13. The lowest BCUT2D eigenvalue weighted by Crippen LogP contribution is -2.38. The van der Waals surface area contributed by atoms with Crippen LogP contribution in [0.25, 0.3) is 0 Å². The summed E-state index contributed by atoms with van der Waals surface area (Å²) in [6.07, 6.45) is 5.09. The van der Waals surface area contributed by atoms with Gasteiger partial charge in [0.2, 0.25) is 0 Å². The second-order valence-electron chi connectivity index (χ2n) is 7.60. The third kappa shape index (κ3) is 3.38. The van der Waals surface area contributed by atoms with E-state index in [9.17, 15) is 0 Å². The van der Waals surface area contributed by atoms with Crippen LogP contribution in [0.4, 0.5) is 0 Å². The molecule has 3 aromatic carbocycles. The van der Waals surface area contributed by atoms with Crippen molar-refractivity contribution in [3.63, 3.8) is 0 Å². The molecule has 0 bridgehead atoms. The summed E-state index contributed by atoms with van der Waals surface area (Å²) in [5, 5.41) is 7.92. The van der Waals surface area contributed by atoms with Crippen LogP contribution in [-0.2, 0) is 0 Å². The molecule has 2 atom stereocenters. The first-order chi connectivity index (χ1) is 13.9. The van der Waals surface area contributed by atoms with E-state index >= 15 is 0 Å². The Labute approximate surface area is 168 Å². The minimum Gasteiger partial charge on any atom is -0.365 e. The zero-order valence-corrected chi connectivity index (χ0v) is 16.9. The molecule has 140 valence electrons. The minimum atomic E-state index is -0.625. The lowest BCUT2D eigenvalue weighted by molar-refractivity contribution is 0.385. The van der Waals surface area contributed by atoms with Crippen LogP contribution in [0, 0.1) is 0 Å². The largest absolute Gasteiger partial charge is 0.365 e. The van der Waals surface area contributed by atoms with E-state index < -0.39 is 7.92 Å². The van der Waals surface area contributed by atoms with E-state index in [4.69, 9.17) is 4.99 Å². The zero-order chi connectivity index (χ0) is 18.8. The third-order valence-electron chi connectivity index (χ3n) is 5.78. The van der Waals surface area contributed by atoms with E-state index in [2.05, 4.69) is 90.2 Å². The highest BCUT2D eigenvalue weighted by molar-refractivity contribution is 7.80. The normalized spacial score (nSPS) is 21.1. The van der Waals surface area contributed by atoms with Gasteiger partial charge in [-0.3, -0.25) is 4.99 Å². The number of hydrogen-bond acceptors (Lipinski definition) is 2. The van der Waals surface area contributed by atoms with E-state index in [1.807, 2.05) is 0 Å². The quantitative estimate of drug-likeness (QED) is 0.673. The number of rotatable bonds is 4. The van der Waals surface area contributed by atoms with Crippen LogP contribution in [0.15, 0.2) is 89.9 Å². The van der Waals surface area contributed by atoms with Gasteiger partial charge in [-0.2, -0.15) is 0 Å². The SMILES string of the molecule is c1ccc(P(c2ccccc2)c2ccccc2C2=N[C@@H]3CCCC[C@H]3N2)cc1. The van der Waals surface area contributed by atoms with Gasteiger partial charge in [-0.1, -0.05) is 97.8 Å². The molecule has 2 nitrogen and oxygen atoms in total. The van der Waals surface area contributed by atoms with Crippen molar-refractivity contribution in [3.05, 3.63) is 90.5 Å². The number of fused-ring (bicyclic) bond motifs is 1. The van der Waals surface area contributed by atoms with E-state index in [1.54, 1.807) is 0 Å². The van der Waals surface area contributed by atoms with Gasteiger partial charge in [0.25, 0.3) is 0 Å². The van der Waals surface area contributed by atoms with Crippen LogP contribution >= 0.6 is 7.92 Å². The second kappa shape index (κ2) is 7.89. The maximum Gasteiger partial charge on any atom is 0.129 e. The first kappa shape index (κ1) is 17.6. The van der Waals surface area contributed by atoms with E-state index in [0.29, 0.717) is 12.1 Å². The molecular formula is C25H25N2P. The first-order valence-corrected chi connectivity index (χ1v) is 11.6. The van der Waals surface area contributed by atoms with Crippen LogP contribution < -0.4 is 21.2 Å². The molecule has 1 fully saturated rings. The van der Waals surface area contributed by atoms with Crippen molar-refractivity contribution < 1.29 is 0 Å². The summed E-state index contributed by atoms with van der Waals surface area (Å²) in [5.41, 5.74) is 1.27. The van der Waals surface area contributed by atoms with Gasteiger partial charge in [-0.15, -0.1) is 0 Å². The molecule has 0 aromatic heterocycles. The lowest BCUT2D eigenvalue weighted by Gasteiger charge is -2.24. The molecule has 0 radical (unpaired) electrons. The van der Waals surface area contributed by atoms with Crippen molar-refractivity contribution in [1.29, 1.82) is 0 Å². The molecule has 2 aliphatic rings. The monoisotopic (exact) mass is 384 g/mol. The molecule has 1 aliphatic carbocycles. The van der Waals surface area contributed by atoms with Crippen molar-refractivity contribution >= 4 is 29.7 Å². The molecule has 3 aromatic rings. The van der Waals surface area contributed by atoms with Gasteiger partial charge in [-0.05, 0) is 36.7 Å². The fourth-order valence-electron chi connectivity index (χ4n) is 4.41. The Morgan fingerprint density at radius 1 is 0.714 bits per heavy atom. The molecule has 1 heterocycles. The first-order valence-electron chi connectivity index (χ1n) is 10.2. The van der Waals surface area contributed by atoms with E-state index in [-0.39, 0.29) is 0 Å². The van der Waals surface area contributed by atoms with Crippen LogP contribution in [0.3, 0.4) is 0 Å². The smallest absolute Gasteiger partial charge is 0.129 e. The molecular weight excluding hydrogens is 359 g/mol. The highest BCUT2D eigenvalue weighted by Crippen LogP contribution is 2.35. The Bertz CT molecular complexity index is 929. The second-order valence-corrected chi connectivity index (χ2v) is 9.79. The molecule has 28 heavy (non-hydrogen) atoms. The zero-order valence-electron chi connectivity index (χ0n) is 16.0. The van der Waals surface area contributed by atoms with Crippen molar-refractivity contribution in [2.75, 3.05) is 0 Å². The fraction of sp³-hybridized carbons (Fsp3) is 0.240. The fourth-order valence-corrected chi connectivity index (χ4v) is 6.86. The van der Waals surface area contributed by atoms with E-state index in [0.717, 1.165) is 5.84 Å². The summed E-state index contributed by atoms with van der Waals surface area (Å²) in [6, 6.07) is 31.7. The lowest BCUT2D eigenvalue weighted by atomic mass is 9.92. The topological polar surface area (TPSA) is 24.4 Å². The molecule has 0 spiro atoms. The van der Waals surface area contributed by atoms with Gasteiger partial charge >= 0.3 is 0 Å². The highest BCUT2D eigenvalue weighted by Gasteiger charge is 2.32. The minimum absolute atomic E-state index is 0.455. The van der Waals surface area contributed by atoms with Crippen LogP contribution in [0.2, 0.25) is 0 Å². The van der Waals surface area contributed by atoms with Crippen LogP contribution in [0.1, 0.15) is 31.2 Å². The molecule has 1 aliphatic heterocycles. The number of nitrogens with zero attached hydrogens (tertiary/aromatic N) is 1. The highest BCUT2D eigenvalue weighted by atomic mass is 31.1. The third-order valence-corrected chi connectivity index (χ3v) is 8.28. The number of aliphatic imine (C=N–C) groups is 1. The Kier molecular flexibility index (Phi) is 4.97. The summed E-state index contributed by atoms with van der Waals surface area (Å²) < 4.78 is 0. The predicted octanol–water partition coefficient (Wildman–Crippen LogP) is 4.11. The molecule has 1 N–H and O–H groups in total. The molecule has 5 rings (SSSR count). The number of amidine groups is 1. The summed E-state index contributed by atoms with van der Waals surface area (Å²) >= 11 is 0. The van der Waals surface area contributed by atoms with Crippen molar-refractivity contribution in [3.8, 4) is 0 Å². The van der Waals surface area contributed by atoms with Crippen molar-refractivity contribution in [2.45, 2.75) is 37.8 Å². The predicted molar refractivity (Wildman–Crippen MR) is 121 cm³/mol. The van der Waals surface area contributed by atoms with Crippen molar-refractivity contribution in [2.24, 2.45) is 4.99 Å². The van der Waals surface area contributed by atoms with Gasteiger partial charge < -0.3 is 5.32 Å². The Morgan fingerprint density at radius 3 is 2.00 bits per heavy atom. The Morgan fingerprint density at radius 2 is 1.32 bits per heavy atom. The molecule has 0 saturated heterocycles. The summed E-state index contributed by atoms with van der Waals surface area (Å²) in [5.74, 6) is 1.10. The van der Waals surface area contributed by atoms with Crippen molar-refractivity contribution in [1.82, 2.24) is 5.32 Å². The average Bonchev–Trinajstić information content (AvgIpc) is 3.20. The maximum absolute atomic E-state index is 5.13. The molecule has 3 heteroatoms. The summed E-state index contributed by atoms with van der Waals surface area (Å²) in [6.45, 7) is 0. The molecule has 1 saturated carbocycles. The van der Waals surface area contributed by atoms with Gasteiger partial charge in [0.1, 0.15) is 5.84 Å². The Balaban J connectivity index is 1.61. The molecule has 0 unspecified atom stereocenters. The molecule has 0 amide bonds. The van der Waals surface area contributed by atoms with Crippen LogP contribution in [0.5, 0.6) is 0 Å². The van der Waals surface area contributed by atoms with Crippen LogP contribution in [-0.4, -0.2) is 17.9 Å². The number of benzene rings is 3. The summed E-state index contributed by atoms with van der Waals surface area (Å²) in [7, 11) is -0.625. The number of nitrogens with one attached hydrogen (secondary N) is 1. The van der Waals surface area contributed by atoms with Gasteiger partial charge in [0.05, 0.1) is 6.04 Å². The Hall–Kier alpha value is -2.44. The number of hydrogen-bond donors (Lipinski definition) is 1. The average molecular weight is 384 g/mol. The summed E-state index contributed by atoms with van der Waals surface area (Å²) in [4.78, 5) is 5.13. The van der Waals surface area contributed by atoms with Gasteiger partial charge in [0.15, 0.2) is 0 Å². The van der Waals surface area contributed by atoms with Gasteiger partial charge in [-0.25, -0.2) is 0 Å². The van der Waals surface area contributed by atoms with E-state index in [1.165, 1.54) is 47.2 Å². The van der Waals surface area contributed by atoms with Gasteiger partial charge in [0, 0.05) is 11.6 Å². The standard InChI is InChI=1S/C25H25N2P/c1-3-11-19(12-4-1)28(20-13-5-2-6-14-20)24-18-10-7-15-21(24)25-26-22-16-8-9-17-23(22)27-25/h1-7,10-15,18,22-23H,8-9,16-17H2,(H,26,27)/t22-,23-/m1/s1.